The summed E-state index contributed by atoms with van der Waals surface area (Å²) in [5.74, 6) is -1.92. The van der Waals surface area contributed by atoms with Crippen LogP contribution in [0.2, 0.25) is 0 Å². The number of hydrogen-bond acceptors (Lipinski definition) is 7. The van der Waals surface area contributed by atoms with Gasteiger partial charge < -0.3 is 4.74 Å². The monoisotopic (exact) mass is 518 g/mol. The van der Waals surface area contributed by atoms with Crippen LogP contribution in [0, 0.1) is 36.8 Å². The quantitative estimate of drug-likeness (QED) is 0.281. The molecular weight excluding hydrogens is 484 g/mol. The number of esters is 1. The molecule has 9 nitrogen and oxygen atoms in total. The Balaban J connectivity index is 2.30. The minimum atomic E-state index is -4.37. The van der Waals surface area contributed by atoms with Crippen LogP contribution in [0.4, 0.5) is 5.69 Å². The summed E-state index contributed by atoms with van der Waals surface area (Å²) in [7, 11) is -4.37. The lowest BCUT2D eigenvalue weighted by molar-refractivity contribution is -0.387. The minimum Gasteiger partial charge on any atom is -0.460 e. The standard InChI is InChI=1S/C26H34N2O7S/c1-16-12-17(2)21(18(3)13-16)14-20(25(30)35-26(5,6)7)15-23(29)19(4)27-36(33,34)24-11-9-8-10-22(24)28(31)32/h8-13,19-20,27H,14-15H2,1-7H3/t19-,20+/m0/s1. The number of para-hydroxylation sites is 1. The molecule has 0 fully saturated rings. The number of nitro groups is 1. The molecule has 0 amide bonds. The van der Waals surface area contributed by atoms with Gasteiger partial charge in [-0.3, -0.25) is 19.7 Å². The zero-order valence-corrected chi connectivity index (χ0v) is 22.6. The Morgan fingerprint density at radius 3 is 2.17 bits per heavy atom. The van der Waals surface area contributed by atoms with E-state index in [-0.39, 0.29) is 12.8 Å². The third-order valence-corrected chi connectivity index (χ3v) is 7.23. The van der Waals surface area contributed by atoms with E-state index >= 15 is 0 Å². The van der Waals surface area contributed by atoms with E-state index < -0.39 is 54.8 Å². The molecule has 0 bridgehead atoms. The first-order valence-corrected chi connectivity index (χ1v) is 13.1. The Morgan fingerprint density at radius 2 is 1.64 bits per heavy atom. The summed E-state index contributed by atoms with van der Waals surface area (Å²) in [5, 5.41) is 11.3. The smallest absolute Gasteiger partial charge is 0.310 e. The molecule has 36 heavy (non-hydrogen) atoms. The molecule has 2 aromatic rings. The van der Waals surface area contributed by atoms with E-state index in [9.17, 15) is 28.1 Å². The highest BCUT2D eigenvalue weighted by atomic mass is 32.2. The summed E-state index contributed by atoms with van der Waals surface area (Å²) in [6, 6.07) is 7.67. The van der Waals surface area contributed by atoms with Crippen LogP contribution < -0.4 is 4.72 Å². The molecule has 0 saturated heterocycles. The van der Waals surface area contributed by atoms with E-state index in [0.717, 1.165) is 34.4 Å². The Morgan fingerprint density at radius 1 is 1.08 bits per heavy atom. The van der Waals surface area contributed by atoms with Crippen LogP contribution in [-0.4, -0.2) is 36.7 Å². The number of aryl methyl sites for hydroxylation is 3. The highest BCUT2D eigenvalue weighted by molar-refractivity contribution is 7.89. The Kier molecular flexibility index (Phi) is 9.14. The second-order valence-electron chi connectivity index (χ2n) is 10.1. The van der Waals surface area contributed by atoms with E-state index in [4.69, 9.17) is 4.74 Å². The van der Waals surface area contributed by atoms with Crippen molar-refractivity contribution in [2.45, 2.75) is 77.8 Å². The fourth-order valence-corrected chi connectivity index (χ4v) is 5.42. The van der Waals surface area contributed by atoms with Crippen LogP contribution in [0.25, 0.3) is 0 Å². The van der Waals surface area contributed by atoms with Gasteiger partial charge in [0.15, 0.2) is 10.7 Å². The van der Waals surface area contributed by atoms with Gasteiger partial charge in [-0.2, -0.15) is 0 Å². The number of hydrogen-bond donors (Lipinski definition) is 1. The lowest BCUT2D eigenvalue weighted by Crippen LogP contribution is -2.40. The van der Waals surface area contributed by atoms with Crippen molar-refractivity contribution >= 4 is 27.5 Å². The average Bonchev–Trinajstić information content (AvgIpc) is 2.73. The van der Waals surface area contributed by atoms with Gasteiger partial charge in [-0.15, -0.1) is 0 Å². The number of Topliss-reactive ketones (excluding diaryl/α,β-unsaturated/α-hetero) is 1. The predicted molar refractivity (Wildman–Crippen MR) is 136 cm³/mol. The molecule has 0 unspecified atom stereocenters. The molecule has 2 rings (SSSR count). The zero-order chi connectivity index (χ0) is 27.4. The lowest BCUT2D eigenvalue weighted by atomic mass is 9.88. The molecule has 2 atom stereocenters. The van der Waals surface area contributed by atoms with E-state index in [0.29, 0.717) is 0 Å². The zero-order valence-electron chi connectivity index (χ0n) is 21.7. The number of nitrogens with zero attached hydrogens (tertiary/aromatic N) is 1. The van der Waals surface area contributed by atoms with E-state index in [1.165, 1.54) is 19.1 Å². The van der Waals surface area contributed by atoms with Crippen molar-refractivity contribution < 1.29 is 27.7 Å². The molecule has 0 spiro atoms. The highest BCUT2D eigenvalue weighted by Crippen LogP contribution is 2.26. The number of ketones is 1. The van der Waals surface area contributed by atoms with Gasteiger partial charge in [0.2, 0.25) is 10.0 Å². The van der Waals surface area contributed by atoms with Crippen LogP contribution in [0.5, 0.6) is 0 Å². The number of carbonyl (C=O) groups is 2. The van der Waals surface area contributed by atoms with Gasteiger partial charge in [0, 0.05) is 12.5 Å². The van der Waals surface area contributed by atoms with E-state index in [1.54, 1.807) is 20.8 Å². The first-order valence-electron chi connectivity index (χ1n) is 11.6. The van der Waals surface area contributed by atoms with Crippen LogP contribution in [0.15, 0.2) is 41.3 Å². The van der Waals surface area contributed by atoms with Gasteiger partial charge in [-0.25, -0.2) is 13.1 Å². The number of rotatable bonds is 10. The summed E-state index contributed by atoms with van der Waals surface area (Å²) in [5.41, 5.74) is 2.61. The molecule has 10 heteroatoms. The summed E-state index contributed by atoms with van der Waals surface area (Å²) < 4.78 is 33.4. The molecule has 196 valence electrons. The van der Waals surface area contributed by atoms with Gasteiger partial charge in [-0.05, 0) is 77.6 Å². The summed E-state index contributed by atoms with van der Waals surface area (Å²) >= 11 is 0. The summed E-state index contributed by atoms with van der Waals surface area (Å²) in [4.78, 5) is 36.1. The van der Waals surface area contributed by atoms with Gasteiger partial charge in [-0.1, -0.05) is 29.8 Å². The topological polar surface area (TPSA) is 133 Å². The molecule has 0 aliphatic heterocycles. The average molecular weight is 519 g/mol. The van der Waals surface area contributed by atoms with Gasteiger partial charge in [0.25, 0.3) is 5.69 Å². The van der Waals surface area contributed by atoms with Crippen LogP contribution in [0.3, 0.4) is 0 Å². The van der Waals surface area contributed by atoms with Crippen molar-refractivity contribution in [3.05, 3.63) is 68.8 Å². The van der Waals surface area contributed by atoms with E-state index in [1.807, 2.05) is 32.9 Å². The summed E-state index contributed by atoms with van der Waals surface area (Å²) in [6.07, 6.45) is -0.00946. The van der Waals surface area contributed by atoms with Gasteiger partial charge >= 0.3 is 5.97 Å². The van der Waals surface area contributed by atoms with Crippen LogP contribution in [0.1, 0.15) is 56.4 Å². The first-order chi connectivity index (χ1) is 16.5. The minimum absolute atomic E-state index is 0.252. The largest absolute Gasteiger partial charge is 0.460 e. The Labute approximate surface area is 212 Å². The lowest BCUT2D eigenvalue weighted by Gasteiger charge is -2.25. The molecule has 1 N–H and O–H groups in total. The molecule has 0 heterocycles. The predicted octanol–water partition coefficient (Wildman–Crippen LogP) is 4.35. The summed E-state index contributed by atoms with van der Waals surface area (Å²) in [6.45, 7) is 12.4. The van der Waals surface area contributed by atoms with Crippen molar-refractivity contribution in [2.24, 2.45) is 5.92 Å². The molecule has 0 saturated carbocycles. The molecule has 0 aromatic heterocycles. The van der Waals surface area contributed by atoms with Gasteiger partial charge in [0.05, 0.1) is 16.9 Å². The fraction of sp³-hybridized carbons (Fsp3) is 0.462. The number of nitro benzene ring substituents is 1. The highest BCUT2D eigenvalue weighted by Gasteiger charge is 2.33. The third kappa shape index (κ3) is 7.69. The second-order valence-corrected chi connectivity index (χ2v) is 11.7. The van der Waals surface area contributed by atoms with Crippen molar-refractivity contribution in [1.82, 2.24) is 4.72 Å². The van der Waals surface area contributed by atoms with E-state index in [2.05, 4.69) is 4.72 Å². The number of ether oxygens (including phenoxy) is 1. The number of benzene rings is 2. The first kappa shape index (κ1) is 29.1. The Bertz CT molecular complexity index is 1240. The fourth-order valence-electron chi connectivity index (χ4n) is 4.02. The number of carbonyl (C=O) groups excluding carboxylic acids is 2. The van der Waals surface area contributed by atoms with Crippen LogP contribution >= 0.6 is 0 Å². The molecule has 0 aliphatic rings. The van der Waals surface area contributed by atoms with Crippen LogP contribution in [-0.2, 0) is 30.8 Å². The molecule has 2 aromatic carbocycles. The number of sulfonamides is 1. The molecular formula is C26H34N2O7S. The van der Waals surface area contributed by atoms with Crippen molar-refractivity contribution in [3.8, 4) is 0 Å². The van der Waals surface area contributed by atoms with Gasteiger partial charge in [0.1, 0.15) is 5.60 Å². The van der Waals surface area contributed by atoms with Crippen molar-refractivity contribution in [3.63, 3.8) is 0 Å². The molecule has 0 radical (unpaired) electrons. The molecule has 0 aliphatic carbocycles. The SMILES string of the molecule is Cc1cc(C)c(C[C@H](CC(=O)[C@H](C)NS(=O)(=O)c2ccccc2[N+](=O)[O-])C(=O)OC(C)(C)C)c(C)c1. The maximum atomic E-state index is 13.1. The third-order valence-electron chi connectivity index (χ3n) is 5.64. The second kappa shape index (κ2) is 11.3. The Hall–Kier alpha value is -3.11. The van der Waals surface area contributed by atoms with Crippen molar-refractivity contribution in [1.29, 1.82) is 0 Å². The number of nitrogens with one attached hydrogen (secondary N) is 1. The maximum Gasteiger partial charge on any atom is 0.310 e. The normalized spacial score (nSPS) is 13.6. The maximum absolute atomic E-state index is 13.1. The van der Waals surface area contributed by atoms with Crippen molar-refractivity contribution in [2.75, 3.05) is 0 Å².